The molecule has 0 unspecified atom stereocenters. The lowest BCUT2D eigenvalue weighted by atomic mass is 10.2. The molecule has 0 aliphatic heterocycles. The van der Waals surface area contributed by atoms with E-state index >= 15 is 0 Å². The lowest BCUT2D eigenvalue weighted by Gasteiger charge is -1.98. The Kier molecular flexibility index (Phi) is 2.65. The summed E-state index contributed by atoms with van der Waals surface area (Å²) in [7, 11) is 0. The summed E-state index contributed by atoms with van der Waals surface area (Å²) in [5.74, 6) is 0. The van der Waals surface area contributed by atoms with Crippen molar-refractivity contribution in [3.05, 3.63) is 36.8 Å². The second-order valence-corrected chi connectivity index (χ2v) is 3.23. The van der Waals surface area contributed by atoms with Crippen LogP contribution in [0.3, 0.4) is 0 Å². The summed E-state index contributed by atoms with van der Waals surface area (Å²) >= 11 is 2.85. The Bertz CT molecular complexity index is 380. The third-order valence-corrected chi connectivity index (χ3v) is 2.12. The van der Waals surface area contributed by atoms with Gasteiger partial charge >= 0.3 is 0 Å². The topological polar surface area (TPSA) is 112 Å². The first-order valence-corrected chi connectivity index (χ1v) is 4.10. The van der Waals surface area contributed by atoms with Crippen LogP contribution in [0.25, 0.3) is 0 Å². The lowest BCUT2D eigenvalue weighted by Crippen LogP contribution is -1.98. The molecule has 1 rings (SSSR count). The Morgan fingerprint density at radius 3 is 2.07 bits per heavy atom. The van der Waals surface area contributed by atoms with Gasteiger partial charge in [-0.2, -0.15) is 0 Å². The second-order valence-electron chi connectivity index (χ2n) is 2.38. The van der Waals surface area contributed by atoms with Gasteiger partial charge in [0.1, 0.15) is 10.2 Å². The molecule has 0 aliphatic carbocycles. The highest BCUT2D eigenvalue weighted by molar-refractivity contribution is 9.10. The van der Waals surface area contributed by atoms with E-state index in [1.54, 1.807) is 0 Å². The van der Waals surface area contributed by atoms with Crippen LogP contribution in [0.5, 0.6) is 0 Å². The van der Waals surface area contributed by atoms with Crippen molar-refractivity contribution in [3.63, 3.8) is 0 Å². The minimum absolute atomic E-state index is 0.0309. The van der Waals surface area contributed by atoms with Crippen molar-refractivity contribution in [1.82, 2.24) is 0 Å². The Labute approximate surface area is 85.9 Å². The van der Waals surface area contributed by atoms with E-state index in [1.165, 1.54) is 0 Å². The highest BCUT2D eigenvalue weighted by Gasteiger charge is 2.20. The van der Waals surface area contributed by atoms with Gasteiger partial charge in [0.25, 0.3) is 11.4 Å². The molecular weight excluding hydrogens is 258 g/mol. The molecule has 0 heterocycles. The van der Waals surface area contributed by atoms with Crippen molar-refractivity contribution < 1.29 is 9.85 Å². The molecule has 0 amide bonds. The molecule has 0 aliphatic rings. The van der Waals surface area contributed by atoms with Crippen LogP contribution < -0.4 is 5.73 Å². The highest BCUT2D eigenvalue weighted by Crippen LogP contribution is 2.33. The van der Waals surface area contributed by atoms with Crippen molar-refractivity contribution in [1.29, 1.82) is 0 Å². The first kappa shape index (κ1) is 10.4. The fourth-order valence-electron chi connectivity index (χ4n) is 0.866. The van der Waals surface area contributed by atoms with Gasteiger partial charge in [0.05, 0.1) is 9.85 Å². The highest BCUT2D eigenvalue weighted by atomic mass is 79.9. The van der Waals surface area contributed by atoms with Gasteiger partial charge in [-0.05, 0) is 15.9 Å². The molecule has 1 aromatic rings. The van der Waals surface area contributed by atoms with Gasteiger partial charge in [-0.25, -0.2) is 0 Å². The molecular formula is C6H4BrN3O4. The number of hydrogen-bond donors (Lipinski definition) is 1. The number of nitro groups is 2. The first-order chi connectivity index (χ1) is 6.43. The number of nitrogens with two attached hydrogens (primary N) is 1. The SMILES string of the molecule is Nc1cc([N+](=O)[O-])c(Br)cc1[N+](=O)[O-]. The number of nitro benzene ring substituents is 2. The molecule has 8 heteroatoms. The molecule has 74 valence electrons. The van der Waals surface area contributed by atoms with Gasteiger partial charge in [-0.15, -0.1) is 0 Å². The molecule has 0 spiro atoms. The molecule has 0 atom stereocenters. The molecule has 0 aromatic heterocycles. The lowest BCUT2D eigenvalue weighted by molar-refractivity contribution is -0.389. The largest absolute Gasteiger partial charge is 0.393 e. The minimum Gasteiger partial charge on any atom is -0.393 e. The summed E-state index contributed by atoms with van der Waals surface area (Å²) in [6.07, 6.45) is 0. The third kappa shape index (κ3) is 1.79. The smallest absolute Gasteiger partial charge is 0.293 e. The van der Waals surface area contributed by atoms with Crippen molar-refractivity contribution >= 4 is 33.0 Å². The number of rotatable bonds is 2. The normalized spacial score (nSPS) is 9.79. The minimum atomic E-state index is -0.705. The van der Waals surface area contributed by atoms with Crippen LogP contribution in [-0.4, -0.2) is 9.85 Å². The van der Waals surface area contributed by atoms with Crippen LogP contribution in [-0.2, 0) is 0 Å². The Balaban J connectivity index is 3.38. The van der Waals surface area contributed by atoms with Crippen molar-refractivity contribution in [2.24, 2.45) is 0 Å². The number of benzene rings is 1. The van der Waals surface area contributed by atoms with Crippen LogP contribution in [0.15, 0.2) is 16.6 Å². The van der Waals surface area contributed by atoms with E-state index in [2.05, 4.69) is 15.9 Å². The number of halogens is 1. The summed E-state index contributed by atoms with van der Waals surface area (Å²) in [5.41, 5.74) is 4.37. The van der Waals surface area contributed by atoms with Gasteiger partial charge in [-0.1, -0.05) is 0 Å². The average molecular weight is 262 g/mol. The number of nitrogen functional groups attached to an aromatic ring is 1. The summed E-state index contributed by atoms with van der Waals surface area (Å²) in [5, 5.41) is 20.8. The van der Waals surface area contributed by atoms with Crippen molar-refractivity contribution in [2.45, 2.75) is 0 Å². The molecule has 7 nitrogen and oxygen atoms in total. The Hall–Kier alpha value is -1.70. The zero-order chi connectivity index (χ0) is 10.9. The number of anilines is 1. The fourth-order valence-corrected chi connectivity index (χ4v) is 1.34. The van der Waals surface area contributed by atoms with Gasteiger partial charge in [0.15, 0.2) is 0 Å². The van der Waals surface area contributed by atoms with Gasteiger partial charge in [-0.3, -0.25) is 20.2 Å². The molecule has 2 N–H and O–H groups in total. The first-order valence-electron chi connectivity index (χ1n) is 3.31. The predicted molar refractivity (Wildman–Crippen MR) is 51.9 cm³/mol. The summed E-state index contributed by atoms with van der Waals surface area (Å²) in [6.45, 7) is 0. The predicted octanol–water partition coefficient (Wildman–Crippen LogP) is 1.85. The Morgan fingerprint density at radius 1 is 1.14 bits per heavy atom. The standard InChI is InChI=1S/C6H4BrN3O4/c7-3-1-6(10(13)14)4(8)2-5(3)9(11)12/h1-2H,8H2. The zero-order valence-corrected chi connectivity index (χ0v) is 8.22. The quantitative estimate of drug-likeness (QED) is 0.496. The molecule has 1 aromatic carbocycles. The molecule has 14 heavy (non-hydrogen) atoms. The van der Waals surface area contributed by atoms with Gasteiger partial charge in [0.2, 0.25) is 0 Å². The summed E-state index contributed by atoms with van der Waals surface area (Å²) in [6, 6.07) is 1.95. The van der Waals surface area contributed by atoms with Crippen LogP contribution in [0.2, 0.25) is 0 Å². The van der Waals surface area contributed by atoms with Gasteiger partial charge in [0, 0.05) is 12.1 Å². The van der Waals surface area contributed by atoms with Crippen molar-refractivity contribution in [2.75, 3.05) is 5.73 Å². The summed E-state index contributed by atoms with van der Waals surface area (Å²) in [4.78, 5) is 19.4. The second kappa shape index (κ2) is 3.58. The fraction of sp³-hybridized carbons (Fsp3) is 0. The van der Waals surface area contributed by atoms with E-state index in [9.17, 15) is 20.2 Å². The van der Waals surface area contributed by atoms with Crippen LogP contribution in [0, 0.1) is 20.2 Å². The van der Waals surface area contributed by atoms with E-state index in [-0.39, 0.29) is 21.5 Å². The number of hydrogen-bond acceptors (Lipinski definition) is 5. The maximum Gasteiger partial charge on any atom is 0.293 e. The maximum absolute atomic E-state index is 10.4. The number of nitrogens with zero attached hydrogens (tertiary/aromatic N) is 2. The molecule has 0 saturated heterocycles. The molecule has 0 fully saturated rings. The van der Waals surface area contributed by atoms with E-state index in [0.717, 1.165) is 12.1 Å². The van der Waals surface area contributed by atoms with Gasteiger partial charge < -0.3 is 5.73 Å². The van der Waals surface area contributed by atoms with E-state index < -0.39 is 9.85 Å². The van der Waals surface area contributed by atoms with E-state index in [1.807, 2.05) is 0 Å². The molecule has 0 radical (unpaired) electrons. The Morgan fingerprint density at radius 2 is 1.64 bits per heavy atom. The molecule has 0 saturated carbocycles. The monoisotopic (exact) mass is 261 g/mol. The average Bonchev–Trinajstić information content (AvgIpc) is 2.07. The van der Waals surface area contributed by atoms with Crippen LogP contribution in [0.1, 0.15) is 0 Å². The summed E-state index contributed by atoms with van der Waals surface area (Å²) < 4.78 is 0.0309. The van der Waals surface area contributed by atoms with Crippen molar-refractivity contribution in [3.8, 4) is 0 Å². The zero-order valence-electron chi connectivity index (χ0n) is 6.64. The van der Waals surface area contributed by atoms with E-state index in [0.29, 0.717) is 0 Å². The maximum atomic E-state index is 10.4. The third-order valence-electron chi connectivity index (χ3n) is 1.49. The molecule has 0 bridgehead atoms. The van der Waals surface area contributed by atoms with E-state index in [4.69, 9.17) is 5.73 Å². The van der Waals surface area contributed by atoms with Crippen LogP contribution >= 0.6 is 15.9 Å². The van der Waals surface area contributed by atoms with Crippen LogP contribution in [0.4, 0.5) is 17.1 Å².